The van der Waals surface area contributed by atoms with E-state index in [1.54, 1.807) is 6.92 Å². The van der Waals surface area contributed by atoms with Gasteiger partial charge in [-0.05, 0) is 25.8 Å². The molecule has 18 heavy (non-hydrogen) atoms. The Labute approximate surface area is 109 Å². The molecule has 1 atom stereocenters. The number of likely N-dealkylation sites (tertiary alicyclic amines) is 1. The monoisotopic (exact) mass is 256 g/mol. The highest BCUT2D eigenvalue weighted by molar-refractivity contribution is 5.78. The minimum atomic E-state index is -0.801. The SMILES string of the molecule is CCCN(CC(=O)N1CCCC1)CC(C)C(=O)O. The summed E-state index contributed by atoms with van der Waals surface area (Å²) in [5.74, 6) is -1.09. The molecule has 1 rings (SSSR count). The van der Waals surface area contributed by atoms with Crippen LogP contribution < -0.4 is 0 Å². The number of nitrogens with zero attached hydrogens (tertiary/aromatic N) is 2. The topological polar surface area (TPSA) is 60.9 Å². The Morgan fingerprint density at radius 1 is 1.33 bits per heavy atom. The summed E-state index contributed by atoms with van der Waals surface area (Å²) in [5, 5.41) is 8.92. The van der Waals surface area contributed by atoms with Crippen LogP contribution in [0, 0.1) is 5.92 Å². The highest BCUT2D eigenvalue weighted by Crippen LogP contribution is 2.09. The lowest BCUT2D eigenvalue weighted by Crippen LogP contribution is -2.41. The van der Waals surface area contributed by atoms with Crippen molar-refractivity contribution in [2.75, 3.05) is 32.7 Å². The second-order valence-corrected chi connectivity index (χ2v) is 5.06. The zero-order chi connectivity index (χ0) is 13.5. The maximum absolute atomic E-state index is 12.0. The summed E-state index contributed by atoms with van der Waals surface area (Å²) in [7, 11) is 0. The molecule has 1 amide bonds. The van der Waals surface area contributed by atoms with Crippen LogP contribution in [0.25, 0.3) is 0 Å². The van der Waals surface area contributed by atoms with Gasteiger partial charge in [0.2, 0.25) is 5.91 Å². The molecule has 1 N–H and O–H groups in total. The highest BCUT2D eigenvalue weighted by atomic mass is 16.4. The predicted octanol–water partition coefficient (Wildman–Crippen LogP) is 1.04. The fourth-order valence-corrected chi connectivity index (χ4v) is 2.27. The van der Waals surface area contributed by atoms with Crippen LogP contribution in [0.4, 0.5) is 0 Å². The van der Waals surface area contributed by atoms with Gasteiger partial charge in [-0.15, -0.1) is 0 Å². The Morgan fingerprint density at radius 3 is 2.44 bits per heavy atom. The molecule has 1 unspecified atom stereocenters. The lowest BCUT2D eigenvalue weighted by molar-refractivity contribution is -0.142. The van der Waals surface area contributed by atoms with Crippen LogP contribution in [0.5, 0.6) is 0 Å². The van der Waals surface area contributed by atoms with Crippen LogP contribution in [-0.2, 0) is 9.59 Å². The average Bonchev–Trinajstić information content (AvgIpc) is 2.82. The van der Waals surface area contributed by atoms with E-state index in [2.05, 4.69) is 0 Å². The van der Waals surface area contributed by atoms with Crippen LogP contribution in [-0.4, -0.2) is 59.5 Å². The molecular formula is C13H24N2O3. The van der Waals surface area contributed by atoms with Crippen LogP contribution in [0.15, 0.2) is 0 Å². The van der Waals surface area contributed by atoms with Crippen molar-refractivity contribution in [3.8, 4) is 0 Å². The first-order valence-electron chi connectivity index (χ1n) is 6.77. The maximum atomic E-state index is 12.0. The van der Waals surface area contributed by atoms with E-state index in [0.29, 0.717) is 13.1 Å². The summed E-state index contributed by atoms with van der Waals surface area (Å²) in [6.07, 6.45) is 3.11. The summed E-state index contributed by atoms with van der Waals surface area (Å²) >= 11 is 0. The van der Waals surface area contributed by atoms with E-state index in [-0.39, 0.29) is 5.91 Å². The van der Waals surface area contributed by atoms with Gasteiger partial charge in [-0.2, -0.15) is 0 Å². The second kappa shape index (κ2) is 7.36. The molecular weight excluding hydrogens is 232 g/mol. The number of rotatable bonds is 7. The van der Waals surface area contributed by atoms with E-state index in [1.807, 2.05) is 16.7 Å². The molecule has 1 saturated heterocycles. The maximum Gasteiger partial charge on any atom is 0.307 e. The van der Waals surface area contributed by atoms with Crippen molar-refractivity contribution < 1.29 is 14.7 Å². The molecule has 1 heterocycles. The molecule has 0 radical (unpaired) electrons. The van der Waals surface area contributed by atoms with Gasteiger partial charge in [-0.1, -0.05) is 13.8 Å². The van der Waals surface area contributed by atoms with Crippen molar-refractivity contribution in [3.63, 3.8) is 0 Å². The van der Waals surface area contributed by atoms with Gasteiger partial charge in [0, 0.05) is 19.6 Å². The van der Waals surface area contributed by atoms with Gasteiger partial charge >= 0.3 is 5.97 Å². The van der Waals surface area contributed by atoms with Crippen molar-refractivity contribution in [3.05, 3.63) is 0 Å². The van der Waals surface area contributed by atoms with E-state index in [4.69, 9.17) is 5.11 Å². The number of hydrogen-bond acceptors (Lipinski definition) is 3. The Hall–Kier alpha value is -1.10. The van der Waals surface area contributed by atoms with Gasteiger partial charge in [0.1, 0.15) is 0 Å². The summed E-state index contributed by atoms with van der Waals surface area (Å²) in [6, 6.07) is 0. The number of carbonyl (C=O) groups excluding carboxylic acids is 1. The zero-order valence-corrected chi connectivity index (χ0v) is 11.4. The highest BCUT2D eigenvalue weighted by Gasteiger charge is 2.22. The van der Waals surface area contributed by atoms with Crippen LogP contribution in [0.2, 0.25) is 0 Å². The van der Waals surface area contributed by atoms with Crippen molar-refractivity contribution in [1.29, 1.82) is 0 Å². The standard InChI is InChI=1S/C13H24N2O3/c1-3-6-14(9-11(2)13(17)18)10-12(16)15-7-4-5-8-15/h11H,3-10H2,1-2H3,(H,17,18). The molecule has 0 aromatic carbocycles. The molecule has 5 heteroatoms. The molecule has 1 aliphatic heterocycles. The number of hydrogen-bond donors (Lipinski definition) is 1. The number of carboxylic acid groups (broad SMARTS) is 1. The van der Waals surface area contributed by atoms with Gasteiger partial charge in [0.05, 0.1) is 12.5 Å². The van der Waals surface area contributed by atoms with Crippen molar-refractivity contribution in [2.24, 2.45) is 5.92 Å². The predicted molar refractivity (Wildman–Crippen MR) is 69.3 cm³/mol. The third-order valence-electron chi connectivity index (χ3n) is 3.31. The summed E-state index contributed by atoms with van der Waals surface area (Å²) in [5.41, 5.74) is 0. The van der Waals surface area contributed by atoms with Crippen LogP contribution in [0.1, 0.15) is 33.1 Å². The van der Waals surface area contributed by atoms with E-state index in [1.165, 1.54) is 0 Å². The molecule has 0 spiro atoms. The Morgan fingerprint density at radius 2 is 1.94 bits per heavy atom. The minimum Gasteiger partial charge on any atom is -0.481 e. The first-order chi connectivity index (χ1) is 8.54. The second-order valence-electron chi connectivity index (χ2n) is 5.06. The van der Waals surface area contributed by atoms with E-state index >= 15 is 0 Å². The van der Waals surface area contributed by atoms with Gasteiger partial charge < -0.3 is 10.0 Å². The average molecular weight is 256 g/mol. The van der Waals surface area contributed by atoms with Gasteiger partial charge in [-0.25, -0.2) is 0 Å². The Kier molecular flexibility index (Phi) is 6.12. The van der Waals surface area contributed by atoms with Crippen molar-refractivity contribution >= 4 is 11.9 Å². The summed E-state index contributed by atoms with van der Waals surface area (Å²) in [4.78, 5) is 26.7. The fraction of sp³-hybridized carbons (Fsp3) is 0.846. The molecule has 104 valence electrons. The first kappa shape index (κ1) is 15.0. The lowest BCUT2D eigenvalue weighted by Gasteiger charge is -2.25. The van der Waals surface area contributed by atoms with Crippen LogP contribution >= 0.6 is 0 Å². The molecule has 0 aliphatic carbocycles. The van der Waals surface area contributed by atoms with Crippen molar-refractivity contribution in [2.45, 2.75) is 33.1 Å². The molecule has 0 aromatic rings. The Balaban J connectivity index is 2.45. The number of amides is 1. The quantitative estimate of drug-likeness (QED) is 0.739. The third-order valence-corrected chi connectivity index (χ3v) is 3.31. The molecule has 1 aliphatic rings. The van der Waals surface area contributed by atoms with Gasteiger partial charge in [0.15, 0.2) is 0 Å². The molecule has 1 fully saturated rings. The Bertz CT molecular complexity index is 288. The lowest BCUT2D eigenvalue weighted by atomic mass is 10.1. The third kappa shape index (κ3) is 4.64. The fourth-order valence-electron chi connectivity index (χ4n) is 2.27. The number of aliphatic carboxylic acids is 1. The molecule has 0 bridgehead atoms. The molecule has 0 aromatic heterocycles. The van der Waals surface area contributed by atoms with E-state index in [0.717, 1.165) is 38.9 Å². The molecule has 0 saturated carbocycles. The van der Waals surface area contributed by atoms with Gasteiger partial charge in [0.25, 0.3) is 0 Å². The summed E-state index contributed by atoms with van der Waals surface area (Å²) in [6.45, 7) is 7.01. The zero-order valence-electron chi connectivity index (χ0n) is 11.4. The minimum absolute atomic E-state index is 0.138. The number of carbonyl (C=O) groups is 2. The molecule has 5 nitrogen and oxygen atoms in total. The normalized spacial score (nSPS) is 17.2. The largest absolute Gasteiger partial charge is 0.481 e. The number of carboxylic acids is 1. The van der Waals surface area contributed by atoms with E-state index < -0.39 is 11.9 Å². The van der Waals surface area contributed by atoms with E-state index in [9.17, 15) is 9.59 Å². The first-order valence-corrected chi connectivity index (χ1v) is 6.77. The van der Waals surface area contributed by atoms with Crippen LogP contribution in [0.3, 0.4) is 0 Å². The smallest absolute Gasteiger partial charge is 0.307 e. The summed E-state index contributed by atoms with van der Waals surface area (Å²) < 4.78 is 0. The van der Waals surface area contributed by atoms with Crippen molar-refractivity contribution in [1.82, 2.24) is 9.80 Å². The van der Waals surface area contributed by atoms with Gasteiger partial charge in [-0.3, -0.25) is 14.5 Å².